The predicted octanol–water partition coefficient (Wildman–Crippen LogP) is 2.01. The van der Waals surface area contributed by atoms with E-state index < -0.39 is 11.8 Å². The molecule has 1 aromatic carbocycles. The van der Waals surface area contributed by atoms with Gasteiger partial charge in [-0.15, -0.1) is 0 Å². The van der Waals surface area contributed by atoms with Crippen LogP contribution in [0.15, 0.2) is 24.3 Å². The van der Waals surface area contributed by atoms with Crippen LogP contribution < -0.4 is 0 Å². The quantitative estimate of drug-likeness (QED) is 0.796. The molecule has 0 fully saturated rings. The fourth-order valence-corrected chi connectivity index (χ4v) is 1.21. The smallest absolute Gasteiger partial charge is 0.340 e. The minimum atomic E-state index is -0.699. The van der Waals surface area contributed by atoms with Gasteiger partial charge >= 0.3 is 5.97 Å². The Morgan fingerprint density at radius 1 is 1.56 bits per heavy atom. The van der Waals surface area contributed by atoms with Gasteiger partial charge in [-0.1, -0.05) is 18.2 Å². The molecule has 0 spiro atoms. The van der Waals surface area contributed by atoms with Gasteiger partial charge in [0.25, 0.3) is 0 Å². The number of rotatable bonds is 4. The van der Waals surface area contributed by atoms with E-state index in [9.17, 15) is 9.18 Å². The number of carbonyl (C=O) groups excluding carboxylic acids is 1. The normalized spacial score (nSPS) is 10.7. The fraction of sp³-hybridized carbons (Fsp3) is 0.250. The first-order valence-corrected chi connectivity index (χ1v) is 4.84. The van der Waals surface area contributed by atoms with Crippen molar-refractivity contribution < 1.29 is 19.0 Å². The highest BCUT2D eigenvalue weighted by Gasteiger charge is 2.11. The summed E-state index contributed by atoms with van der Waals surface area (Å²) < 4.78 is 17.7. The lowest BCUT2D eigenvalue weighted by Gasteiger charge is -2.02. The first-order chi connectivity index (χ1) is 7.69. The van der Waals surface area contributed by atoms with Crippen LogP contribution in [0.25, 0.3) is 6.08 Å². The second-order valence-electron chi connectivity index (χ2n) is 3.15. The molecule has 0 atom stereocenters. The predicted molar refractivity (Wildman–Crippen MR) is 58.5 cm³/mol. The molecule has 0 aliphatic heterocycles. The molecule has 0 aliphatic rings. The Bertz CT molecular complexity index is 399. The highest BCUT2D eigenvalue weighted by molar-refractivity contribution is 5.90. The summed E-state index contributed by atoms with van der Waals surface area (Å²) in [5, 5.41) is 8.58. The van der Waals surface area contributed by atoms with Gasteiger partial charge in [-0.05, 0) is 24.1 Å². The second kappa shape index (κ2) is 6.02. The number of esters is 1. The maximum absolute atomic E-state index is 13.2. The Morgan fingerprint density at radius 3 is 2.94 bits per heavy atom. The third-order valence-corrected chi connectivity index (χ3v) is 2.00. The number of ether oxygens (including phenoxy) is 1. The number of carbonyl (C=O) groups is 1. The monoisotopic (exact) mass is 224 g/mol. The summed E-state index contributed by atoms with van der Waals surface area (Å²) in [5.41, 5.74) is 0.601. The Labute approximate surface area is 93.2 Å². The summed E-state index contributed by atoms with van der Waals surface area (Å²) in [5.74, 6) is -1.30. The highest BCUT2D eigenvalue weighted by atomic mass is 19.1. The number of hydrogen-bond donors (Lipinski definition) is 1. The summed E-state index contributed by atoms with van der Waals surface area (Å²) in [6.07, 6.45) is 3.97. The van der Waals surface area contributed by atoms with Gasteiger partial charge in [0.1, 0.15) is 5.82 Å². The molecule has 4 heteroatoms. The maximum atomic E-state index is 13.2. The van der Waals surface area contributed by atoms with Gasteiger partial charge in [0.05, 0.1) is 12.7 Å². The van der Waals surface area contributed by atoms with Crippen LogP contribution in [0.5, 0.6) is 0 Å². The molecule has 1 N–H and O–H groups in total. The summed E-state index contributed by atoms with van der Waals surface area (Å²) in [6.45, 7) is 0.0571. The lowest BCUT2D eigenvalue weighted by Crippen LogP contribution is -2.04. The molecule has 0 radical (unpaired) electrons. The van der Waals surface area contributed by atoms with Crippen molar-refractivity contribution in [1.82, 2.24) is 0 Å². The molecule has 86 valence electrons. The van der Waals surface area contributed by atoms with Crippen molar-refractivity contribution in [2.24, 2.45) is 0 Å². The summed E-state index contributed by atoms with van der Waals surface area (Å²) >= 11 is 0. The van der Waals surface area contributed by atoms with Gasteiger partial charge in [0.15, 0.2) is 0 Å². The molecule has 0 saturated carbocycles. The van der Waals surface area contributed by atoms with E-state index >= 15 is 0 Å². The number of halogens is 1. The molecule has 3 nitrogen and oxygen atoms in total. The minimum Gasteiger partial charge on any atom is -0.465 e. The standard InChI is InChI=1S/C12H13FO3/c1-16-12(15)10-8-9(4-2-3-7-14)5-6-11(10)13/h2,4-6,8,14H,3,7H2,1H3. The lowest BCUT2D eigenvalue weighted by molar-refractivity contribution is 0.0595. The Balaban J connectivity index is 2.93. The van der Waals surface area contributed by atoms with Crippen molar-refractivity contribution in [3.8, 4) is 0 Å². The van der Waals surface area contributed by atoms with Crippen LogP contribution in [0.1, 0.15) is 22.3 Å². The van der Waals surface area contributed by atoms with Gasteiger partial charge in [0.2, 0.25) is 0 Å². The summed E-state index contributed by atoms with van der Waals surface area (Å²) in [7, 11) is 1.20. The zero-order chi connectivity index (χ0) is 12.0. The van der Waals surface area contributed by atoms with E-state index in [-0.39, 0.29) is 12.2 Å². The van der Waals surface area contributed by atoms with Gasteiger partial charge in [-0.3, -0.25) is 0 Å². The first kappa shape index (κ1) is 12.4. The number of methoxy groups -OCH3 is 1. The minimum absolute atomic E-state index is 0.0571. The molecule has 0 heterocycles. The van der Waals surface area contributed by atoms with Gasteiger partial charge in [0, 0.05) is 6.61 Å². The number of benzene rings is 1. The number of aliphatic hydroxyl groups excluding tert-OH is 1. The van der Waals surface area contributed by atoms with E-state index in [1.165, 1.54) is 19.2 Å². The van der Waals surface area contributed by atoms with Crippen LogP contribution in [-0.2, 0) is 4.74 Å². The summed E-state index contributed by atoms with van der Waals surface area (Å²) in [4.78, 5) is 11.2. The molecule has 16 heavy (non-hydrogen) atoms. The molecule has 0 aliphatic carbocycles. The molecule has 0 saturated heterocycles. The molecule has 0 amide bonds. The van der Waals surface area contributed by atoms with Crippen molar-refractivity contribution in [2.45, 2.75) is 6.42 Å². The number of aliphatic hydroxyl groups is 1. The Hall–Kier alpha value is -1.68. The average molecular weight is 224 g/mol. The zero-order valence-corrected chi connectivity index (χ0v) is 8.94. The molecule has 0 unspecified atom stereocenters. The van der Waals surface area contributed by atoms with Gasteiger partial charge < -0.3 is 9.84 Å². The van der Waals surface area contributed by atoms with Crippen LogP contribution in [0.4, 0.5) is 4.39 Å². The molecule has 1 rings (SSSR count). The van der Waals surface area contributed by atoms with Crippen LogP contribution in [0.2, 0.25) is 0 Å². The molecule has 0 bridgehead atoms. The van der Waals surface area contributed by atoms with E-state index in [0.29, 0.717) is 12.0 Å². The largest absolute Gasteiger partial charge is 0.465 e. The second-order valence-corrected chi connectivity index (χ2v) is 3.15. The van der Waals surface area contributed by atoms with Gasteiger partial charge in [-0.2, -0.15) is 0 Å². The van der Waals surface area contributed by atoms with Crippen LogP contribution in [0, 0.1) is 5.82 Å². The van der Waals surface area contributed by atoms with Gasteiger partial charge in [-0.25, -0.2) is 9.18 Å². The fourth-order valence-electron chi connectivity index (χ4n) is 1.21. The van der Waals surface area contributed by atoms with Crippen LogP contribution >= 0.6 is 0 Å². The first-order valence-electron chi connectivity index (χ1n) is 4.84. The third kappa shape index (κ3) is 3.17. The molecular formula is C12H13FO3. The topological polar surface area (TPSA) is 46.5 Å². The molecular weight excluding hydrogens is 211 g/mol. The maximum Gasteiger partial charge on any atom is 0.340 e. The Morgan fingerprint density at radius 2 is 2.31 bits per heavy atom. The van der Waals surface area contributed by atoms with Crippen molar-refractivity contribution in [3.63, 3.8) is 0 Å². The van der Waals surface area contributed by atoms with E-state index in [1.807, 2.05) is 0 Å². The zero-order valence-electron chi connectivity index (χ0n) is 8.94. The van der Waals surface area contributed by atoms with Crippen molar-refractivity contribution in [2.75, 3.05) is 13.7 Å². The van der Waals surface area contributed by atoms with Crippen LogP contribution in [-0.4, -0.2) is 24.8 Å². The SMILES string of the molecule is COC(=O)c1cc(C=CCCO)ccc1F. The van der Waals surface area contributed by atoms with Crippen molar-refractivity contribution >= 4 is 12.0 Å². The third-order valence-electron chi connectivity index (χ3n) is 2.00. The van der Waals surface area contributed by atoms with E-state index in [1.54, 1.807) is 18.2 Å². The van der Waals surface area contributed by atoms with Crippen molar-refractivity contribution in [1.29, 1.82) is 0 Å². The van der Waals surface area contributed by atoms with Crippen molar-refractivity contribution in [3.05, 3.63) is 41.2 Å². The van der Waals surface area contributed by atoms with E-state index in [2.05, 4.69) is 4.74 Å². The average Bonchev–Trinajstić information content (AvgIpc) is 2.30. The summed E-state index contributed by atoms with van der Waals surface area (Å²) in [6, 6.07) is 4.18. The van der Waals surface area contributed by atoms with Crippen LogP contribution in [0.3, 0.4) is 0 Å². The molecule has 0 aromatic heterocycles. The Kier molecular flexibility index (Phi) is 4.66. The molecule has 1 aromatic rings. The number of hydrogen-bond acceptors (Lipinski definition) is 3. The van der Waals surface area contributed by atoms with E-state index in [0.717, 1.165) is 0 Å². The van der Waals surface area contributed by atoms with E-state index in [4.69, 9.17) is 5.11 Å². The lowest BCUT2D eigenvalue weighted by atomic mass is 10.1. The highest BCUT2D eigenvalue weighted by Crippen LogP contribution is 2.13.